The van der Waals surface area contributed by atoms with E-state index in [-0.39, 0.29) is 5.91 Å². The number of nitrogens with two attached hydrogens (primary N) is 1. The molecule has 1 aromatic heterocycles. The quantitative estimate of drug-likeness (QED) is 0.840. The third-order valence-corrected chi connectivity index (χ3v) is 2.45. The van der Waals surface area contributed by atoms with E-state index in [1.165, 1.54) is 6.20 Å². The number of ether oxygens (including phenoxy) is 1. The van der Waals surface area contributed by atoms with Crippen molar-refractivity contribution in [3.8, 4) is 5.75 Å². The smallest absolute Gasteiger partial charge is 0.258 e. The molecule has 0 unspecified atom stereocenters. The van der Waals surface area contributed by atoms with E-state index in [1.54, 1.807) is 30.1 Å². The molecule has 0 aliphatic heterocycles. The standard InChI is InChI=1S/C13H16N4O2/c1-17-9-10(8-15-17)13(18)16-11-3-2-4-12(7-11)19-6-5-14/h2-4,7-9H,5-6,14H2,1H3,(H,16,18). The summed E-state index contributed by atoms with van der Waals surface area (Å²) in [7, 11) is 1.76. The lowest BCUT2D eigenvalue weighted by atomic mass is 10.2. The van der Waals surface area contributed by atoms with Crippen LogP contribution in [0.2, 0.25) is 0 Å². The van der Waals surface area contributed by atoms with Crippen LogP contribution in [0.15, 0.2) is 36.7 Å². The summed E-state index contributed by atoms with van der Waals surface area (Å²) in [4.78, 5) is 11.9. The van der Waals surface area contributed by atoms with Gasteiger partial charge in [0.05, 0.1) is 11.8 Å². The molecule has 0 saturated carbocycles. The van der Waals surface area contributed by atoms with Gasteiger partial charge in [0.25, 0.3) is 5.91 Å². The van der Waals surface area contributed by atoms with Crippen LogP contribution in [0, 0.1) is 0 Å². The van der Waals surface area contributed by atoms with Crippen molar-refractivity contribution < 1.29 is 9.53 Å². The van der Waals surface area contributed by atoms with Gasteiger partial charge in [0.1, 0.15) is 12.4 Å². The molecule has 0 saturated heterocycles. The van der Waals surface area contributed by atoms with Crippen LogP contribution in [0.1, 0.15) is 10.4 Å². The predicted molar refractivity (Wildman–Crippen MR) is 72.2 cm³/mol. The second-order valence-electron chi connectivity index (χ2n) is 4.02. The molecule has 100 valence electrons. The fraction of sp³-hybridized carbons (Fsp3) is 0.231. The largest absolute Gasteiger partial charge is 0.492 e. The number of hydrogen-bond acceptors (Lipinski definition) is 4. The van der Waals surface area contributed by atoms with Crippen LogP contribution in [0.4, 0.5) is 5.69 Å². The Morgan fingerprint density at radius 1 is 1.53 bits per heavy atom. The molecule has 2 rings (SSSR count). The van der Waals surface area contributed by atoms with Gasteiger partial charge in [0.15, 0.2) is 0 Å². The zero-order valence-corrected chi connectivity index (χ0v) is 10.7. The Labute approximate surface area is 111 Å². The number of anilines is 1. The van der Waals surface area contributed by atoms with Gasteiger partial charge in [0.2, 0.25) is 0 Å². The minimum atomic E-state index is -0.205. The van der Waals surface area contributed by atoms with Gasteiger partial charge in [0, 0.05) is 31.5 Å². The highest BCUT2D eigenvalue weighted by Gasteiger charge is 2.08. The van der Waals surface area contributed by atoms with Gasteiger partial charge in [-0.15, -0.1) is 0 Å². The molecule has 6 heteroatoms. The van der Waals surface area contributed by atoms with Gasteiger partial charge >= 0.3 is 0 Å². The first-order valence-electron chi connectivity index (χ1n) is 5.92. The van der Waals surface area contributed by atoms with Crippen molar-refractivity contribution in [2.75, 3.05) is 18.5 Å². The fourth-order valence-electron chi connectivity index (χ4n) is 1.58. The Morgan fingerprint density at radius 3 is 3.05 bits per heavy atom. The monoisotopic (exact) mass is 260 g/mol. The molecule has 3 N–H and O–H groups in total. The number of aryl methyl sites for hydroxylation is 1. The van der Waals surface area contributed by atoms with E-state index >= 15 is 0 Å². The molecule has 0 radical (unpaired) electrons. The lowest BCUT2D eigenvalue weighted by molar-refractivity contribution is 0.102. The van der Waals surface area contributed by atoms with Crippen LogP contribution in [0.3, 0.4) is 0 Å². The van der Waals surface area contributed by atoms with Crippen molar-refractivity contribution in [2.45, 2.75) is 0 Å². The van der Waals surface area contributed by atoms with Crippen molar-refractivity contribution >= 4 is 11.6 Å². The highest BCUT2D eigenvalue weighted by molar-refractivity contribution is 6.03. The molecule has 1 amide bonds. The Kier molecular flexibility index (Phi) is 4.15. The van der Waals surface area contributed by atoms with Gasteiger partial charge < -0.3 is 15.8 Å². The van der Waals surface area contributed by atoms with Crippen molar-refractivity contribution in [3.05, 3.63) is 42.2 Å². The van der Waals surface area contributed by atoms with Crippen LogP contribution in [0.25, 0.3) is 0 Å². The molecule has 1 aromatic carbocycles. The van der Waals surface area contributed by atoms with Crippen molar-refractivity contribution in [3.63, 3.8) is 0 Å². The van der Waals surface area contributed by atoms with E-state index in [2.05, 4.69) is 10.4 Å². The normalized spacial score (nSPS) is 10.2. The minimum Gasteiger partial charge on any atom is -0.492 e. The highest BCUT2D eigenvalue weighted by atomic mass is 16.5. The molecule has 0 spiro atoms. The number of rotatable bonds is 5. The van der Waals surface area contributed by atoms with Crippen LogP contribution in [-0.2, 0) is 7.05 Å². The summed E-state index contributed by atoms with van der Waals surface area (Å²) in [5.41, 5.74) is 6.55. The van der Waals surface area contributed by atoms with E-state index in [1.807, 2.05) is 12.1 Å². The van der Waals surface area contributed by atoms with Crippen LogP contribution >= 0.6 is 0 Å². The summed E-state index contributed by atoms with van der Waals surface area (Å²) in [6.07, 6.45) is 3.17. The van der Waals surface area contributed by atoms with Gasteiger partial charge in [-0.1, -0.05) is 6.07 Å². The van der Waals surface area contributed by atoms with Gasteiger partial charge in [-0.3, -0.25) is 9.48 Å². The Bertz CT molecular complexity index is 565. The highest BCUT2D eigenvalue weighted by Crippen LogP contribution is 2.17. The zero-order chi connectivity index (χ0) is 13.7. The number of amides is 1. The molecular weight excluding hydrogens is 244 g/mol. The van der Waals surface area contributed by atoms with E-state index in [9.17, 15) is 4.79 Å². The summed E-state index contributed by atoms with van der Waals surface area (Å²) in [5, 5.41) is 6.74. The van der Waals surface area contributed by atoms with E-state index < -0.39 is 0 Å². The Morgan fingerprint density at radius 2 is 2.37 bits per heavy atom. The number of carbonyl (C=O) groups excluding carboxylic acids is 1. The SMILES string of the molecule is Cn1cc(C(=O)Nc2cccc(OCCN)c2)cn1. The van der Waals surface area contributed by atoms with Crippen LogP contribution in [0.5, 0.6) is 5.75 Å². The minimum absolute atomic E-state index is 0.205. The summed E-state index contributed by atoms with van der Waals surface area (Å²) in [6.45, 7) is 0.895. The first kappa shape index (κ1) is 13.1. The summed E-state index contributed by atoms with van der Waals surface area (Å²) in [6, 6.07) is 7.17. The lowest BCUT2D eigenvalue weighted by Crippen LogP contribution is -2.12. The third kappa shape index (κ3) is 3.56. The average Bonchev–Trinajstić information content (AvgIpc) is 2.83. The second-order valence-corrected chi connectivity index (χ2v) is 4.02. The van der Waals surface area contributed by atoms with E-state index in [0.29, 0.717) is 30.2 Å². The Hall–Kier alpha value is -2.34. The van der Waals surface area contributed by atoms with Gasteiger partial charge in [-0.25, -0.2) is 0 Å². The Balaban J connectivity index is 2.04. The first-order chi connectivity index (χ1) is 9.19. The number of nitrogens with zero attached hydrogens (tertiary/aromatic N) is 2. The summed E-state index contributed by atoms with van der Waals surface area (Å²) < 4.78 is 6.97. The maximum atomic E-state index is 11.9. The van der Waals surface area contributed by atoms with Gasteiger partial charge in [-0.05, 0) is 12.1 Å². The third-order valence-electron chi connectivity index (χ3n) is 2.45. The summed E-state index contributed by atoms with van der Waals surface area (Å²) in [5.74, 6) is 0.471. The number of hydrogen-bond donors (Lipinski definition) is 2. The molecule has 0 bridgehead atoms. The molecule has 0 aliphatic rings. The number of nitrogens with one attached hydrogen (secondary N) is 1. The van der Waals surface area contributed by atoms with Gasteiger partial charge in [-0.2, -0.15) is 5.10 Å². The average molecular weight is 260 g/mol. The lowest BCUT2D eigenvalue weighted by Gasteiger charge is -2.07. The van der Waals surface area contributed by atoms with E-state index in [0.717, 1.165) is 0 Å². The molecule has 2 aromatic rings. The van der Waals surface area contributed by atoms with Crippen molar-refractivity contribution in [1.82, 2.24) is 9.78 Å². The molecule has 19 heavy (non-hydrogen) atoms. The molecule has 0 atom stereocenters. The molecule has 0 aliphatic carbocycles. The van der Waals surface area contributed by atoms with Crippen molar-refractivity contribution in [1.29, 1.82) is 0 Å². The van der Waals surface area contributed by atoms with Crippen molar-refractivity contribution in [2.24, 2.45) is 12.8 Å². The number of benzene rings is 1. The second kappa shape index (κ2) is 6.01. The first-order valence-corrected chi connectivity index (χ1v) is 5.92. The van der Waals surface area contributed by atoms with E-state index in [4.69, 9.17) is 10.5 Å². The van der Waals surface area contributed by atoms with Crippen LogP contribution in [-0.4, -0.2) is 28.8 Å². The van der Waals surface area contributed by atoms with Crippen LogP contribution < -0.4 is 15.8 Å². The maximum Gasteiger partial charge on any atom is 0.258 e. The predicted octanol–water partition coefficient (Wildman–Crippen LogP) is 1.01. The number of carbonyl (C=O) groups is 1. The fourth-order valence-corrected chi connectivity index (χ4v) is 1.58. The molecule has 0 fully saturated rings. The molecule has 6 nitrogen and oxygen atoms in total. The molecular formula is C13H16N4O2. The number of aromatic nitrogens is 2. The maximum absolute atomic E-state index is 11.9. The molecule has 1 heterocycles. The topological polar surface area (TPSA) is 82.2 Å². The summed E-state index contributed by atoms with van der Waals surface area (Å²) >= 11 is 0. The zero-order valence-electron chi connectivity index (χ0n) is 10.7.